The quantitative estimate of drug-likeness (QED) is 0.495. The second-order valence-electron chi connectivity index (χ2n) is 2.33. The van der Waals surface area contributed by atoms with E-state index in [0.29, 0.717) is 0 Å². The monoisotopic (exact) mass is 152 g/mol. The molecule has 11 heavy (non-hydrogen) atoms. The fourth-order valence-electron chi connectivity index (χ4n) is 1.09. The second kappa shape index (κ2) is 6.21. The maximum absolute atomic E-state index is 2.30. The van der Waals surface area contributed by atoms with Gasteiger partial charge < -0.3 is 0 Å². The van der Waals surface area contributed by atoms with Crippen LogP contribution in [-0.2, 0) is 0 Å². The molecule has 0 aliphatic heterocycles. The van der Waals surface area contributed by atoms with Crippen molar-refractivity contribution in [3.05, 3.63) is 24.3 Å². The molecule has 0 heteroatoms. The zero-order chi connectivity index (χ0) is 8.69. The van der Waals surface area contributed by atoms with E-state index in [1.54, 1.807) is 0 Å². The highest BCUT2D eigenvalue weighted by molar-refractivity contribution is 5.21. The molecule has 64 valence electrons. The molecule has 1 saturated carbocycles. The second-order valence-corrected chi connectivity index (χ2v) is 2.33. The lowest BCUT2D eigenvalue weighted by atomic mass is 10.2. The van der Waals surface area contributed by atoms with Gasteiger partial charge in [0, 0.05) is 0 Å². The summed E-state index contributed by atoms with van der Waals surface area (Å²) in [5, 5.41) is 0. The Kier molecular flexibility index (Phi) is 5.91. The molecule has 2 rings (SSSR count). The molecule has 0 N–H and O–H groups in total. The van der Waals surface area contributed by atoms with Crippen LogP contribution in [0.25, 0.3) is 0 Å². The van der Waals surface area contributed by atoms with Crippen LogP contribution in [-0.4, -0.2) is 0 Å². The first-order valence-corrected chi connectivity index (χ1v) is 4.82. The molecule has 0 saturated heterocycles. The standard InChI is InChI=1S/C7H8.2C2H6/c1-2-4-7-5-6(7)3-1;2*1-2/h1-4,6-7H,5H2;2*1-2H3. The number of rotatable bonds is 0. The lowest BCUT2D eigenvalue weighted by Gasteiger charge is -1.87. The van der Waals surface area contributed by atoms with E-state index in [2.05, 4.69) is 24.3 Å². The summed E-state index contributed by atoms with van der Waals surface area (Å²) in [6.07, 6.45) is 10.3. The van der Waals surface area contributed by atoms with Crippen molar-refractivity contribution in [2.75, 3.05) is 0 Å². The molecular formula is C11H20. The van der Waals surface area contributed by atoms with E-state index in [9.17, 15) is 0 Å². The summed E-state index contributed by atoms with van der Waals surface area (Å²) in [7, 11) is 0. The first kappa shape index (κ1) is 10.5. The van der Waals surface area contributed by atoms with E-state index in [1.807, 2.05) is 27.7 Å². The largest absolute Gasteiger partial charge is 0.0808 e. The van der Waals surface area contributed by atoms with Crippen LogP contribution in [0.3, 0.4) is 0 Å². The minimum atomic E-state index is 0.935. The van der Waals surface area contributed by atoms with E-state index in [4.69, 9.17) is 0 Å². The van der Waals surface area contributed by atoms with Crippen LogP contribution < -0.4 is 0 Å². The van der Waals surface area contributed by atoms with Crippen molar-refractivity contribution in [2.45, 2.75) is 34.1 Å². The van der Waals surface area contributed by atoms with Gasteiger partial charge in [-0.15, -0.1) is 0 Å². The third-order valence-corrected chi connectivity index (χ3v) is 1.72. The highest BCUT2D eigenvalue weighted by atomic mass is 14.4. The number of allylic oxidation sites excluding steroid dienone is 4. The highest BCUT2D eigenvalue weighted by Crippen LogP contribution is 2.42. The van der Waals surface area contributed by atoms with Crippen LogP contribution in [0.15, 0.2) is 24.3 Å². The molecule has 2 aliphatic carbocycles. The van der Waals surface area contributed by atoms with E-state index in [1.165, 1.54) is 6.42 Å². The van der Waals surface area contributed by atoms with Gasteiger partial charge in [0.25, 0.3) is 0 Å². The smallest absolute Gasteiger partial charge is 0.0161 e. The normalized spacial score (nSPS) is 28.7. The molecule has 0 radical (unpaired) electrons. The Hall–Kier alpha value is -0.520. The molecule has 0 amide bonds. The van der Waals surface area contributed by atoms with Gasteiger partial charge in [0.1, 0.15) is 0 Å². The Morgan fingerprint density at radius 1 is 0.818 bits per heavy atom. The van der Waals surface area contributed by atoms with Gasteiger partial charge in [-0.2, -0.15) is 0 Å². The molecule has 0 aromatic rings. The minimum absolute atomic E-state index is 0.935. The lowest BCUT2D eigenvalue weighted by Crippen LogP contribution is -1.74. The Bertz CT molecular complexity index is 115. The summed E-state index contributed by atoms with van der Waals surface area (Å²) in [6, 6.07) is 0. The zero-order valence-corrected chi connectivity index (χ0v) is 8.17. The zero-order valence-electron chi connectivity index (χ0n) is 8.17. The maximum atomic E-state index is 2.30. The van der Waals surface area contributed by atoms with E-state index in [0.717, 1.165) is 11.8 Å². The number of hydrogen-bond donors (Lipinski definition) is 0. The third-order valence-electron chi connectivity index (χ3n) is 1.72. The van der Waals surface area contributed by atoms with Gasteiger partial charge in [-0.05, 0) is 18.3 Å². The van der Waals surface area contributed by atoms with E-state index in [-0.39, 0.29) is 0 Å². The van der Waals surface area contributed by atoms with Crippen molar-refractivity contribution >= 4 is 0 Å². The first-order chi connectivity index (χ1) is 5.47. The van der Waals surface area contributed by atoms with E-state index < -0.39 is 0 Å². The highest BCUT2D eigenvalue weighted by Gasteiger charge is 2.32. The first-order valence-electron chi connectivity index (χ1n) is 4.82. The minimum Gasteiger partial charge on any atom is -0.0808 e. The van der Waals surface area contributed by atoms with Gasteiger partial charge in [0.2, 0.25) is 0 Å². The summed E-state index contributed by atoms with van der Waals surface area (Å²) >= 11 is 0. The van der Waals surface area contributed by atoms with Gasteiger partial charge in [-0.1, -0.05) is 52.0 Å². The maximum Gasteiger partial charge on any atom is -0.0161 e. The molecule has 0 bridgehead atoms. The summed E-state index contributed by atoms with van der Waals surface area (Å²) in [4.78, 5) is 0. The molecule has 2 unspecified atom stereocenters. The van der Waals surface area contributed by atoms with Crippen molar-refractivity contribution in [3.63, 3.8) is 0 Å². The molecule has 2 aliphatic rings. The predicted octanol–water partition coefficient (Wildman–Crippen LogP) is 3.80. The van der Waals surface area contributed by atoms with Gasteiger partial charge >= 0.3 is 0 Å². The van der Waals surface area contributed by atoms with Gasteiger partial charge in [0.05, 0.1) is 0 Å². The van der Waals surface area contributed by atoms with Crippen LogP contribution in [0.2, 0.25) is 0 Å². The molecule has 0 aromatic carbocycles. The number of hydrogen-bond acceptors (Lipinski definition) is 0. The Labute approximate surface area is 71.0 Å². The van der Waals surface area contributed by atoms with Crippen molar-refractivity contribution in [1.29, 1.82) is 0 Å². The average molecular weight is 152 g/mol. The summed E-state index contributed by atoms with van der Waals surface area (Å²) < 4.78 is 0. The van der Waals surface area contributed by atoms with Crippen molar-refractivity contribution in [3.8, 4) is 0 Å². The van der Waals surface area contributed by atoms with E-state index >= 15 is 0 Å². The molecule has 1 fully saturated rings. The topological polar surface area (TPSA) is 0 Å². The predicted molar refractivity (Wildman–Crippen MR) is 52.6 cm³/mol. The van der Waals surface area contributed by atoms with Crippen LogP contribution in [0.4, 0.5) is 0 Å². The average Bonchev–Trinajstić information content (AvgIpc) is 2.90. The van der Waals surface area contributed by atoms with Gasteiger partial charge in [-0.25, -0.2) is 0 Å². The van der Waals surface area contributed by atoms with Crippen LogP contribution in [0.5, 0.6) is 0 Å². The van der Waals surface area contributed by atoms with Gasteiger partial charge in [0.15, 0.2) is 0 Å². The molecule has 0 spiro atoms. The molecule has 0 heterocycles. The fourth-order valence-corrected chi connectivity index (χ4v) is 1.09. The molecule has 2 atom stereocenters. The van der Waals surface area contributed by atoms with Crippen molar-refractivity contribution in [1.82, 2.24) is 0 Å². The lowest BCUT2D eigenvalue weighted by molar-refractivity contribution is 0.981. The van der Waals surface area contributed by atoms with Crippen molar-refractivity contribution < 1.29 is 0 Å². The third kappa shape index (κ3) is 3.41. The Morgan fingerprint density at radius 2 is 1.18 bits per heavy atom. The Balaban J connectivity index is 0.000000222. The number of fused-ring (bicyclic) bond motifs is 1. The van der Waals surface area contributed by atoms with Crippen LogP contribution >= 0.6 is 0 Å². The van der Waals surface area contributed by atoms with Crippen LogP contribution in [0.1, 0.15) is 34.1 Å². The van der Waals surface area contributed by atoms with Gasteiger partial charge in [-0.3, -0.25) is 0 Å². The Morgan fingerprint density at radius 3 is 1.45 bits per heavy atom. The summed E-state index contributed by atoms with van der Waals surface area (Å²) in [6.45, 7) is 8.00. The summed E-state index contributed by atoms with van der Waals surface area (Å²) in [5.41, 5.74) is 0. The van der Waals surface area contributed by atoms with Crippen LogP contribution in [0, 0.1) is 11.8 Å². The molecule has 0 aromatic heterocycles. The SMILES string of the molecule is C1=CC2CC2C=C1.CC.CC. The molecule has 0 nitrogen and oxygen atoms in total. The summed E-state index contributed by atoms with van der Waals surface area (Å²) in [5.74, 6) is 1.87. The van der Waals surface area contributed by atoms with Crippen molar-refractivity contribution in [2.24, 2.45) is 11.8 Å². The molecular weight excluding hydrogens is 132 g/mol. The fraction of sp³-hybridized carbons (Fsp3) is 0.636.